The van der Waals surface area contributed by atoms with Crippen LogP contribution in [0.1, 0.15) is 40.0 Å². The molecule has 1 aliphatic heterocycles. The third-order valence-corrected chi connectivity index (χ3v) is 5.18. The number of nitrogens with zero attached hydrogens (tertiary/aromatic N) is 1. The van der Waals surface area contributed by atoms with Gasteiger partial charge in [-0.3, -0.25) is 14.5 Å². The van der Waals surface area contributed by atoms with Crippen LogP contribution in [0.5, 0.6) is 0 Å². The molecule has 2 aliphatic rings. The molecular formula is C15H18N2O3S. The van der Waals surface area contributed by atoms with Crippen LogP contribution in [0, 0.1) is 5.92 Å². The zero-order valence-electron chi connectivity index (χ0n) is 11.7. The van der Waals surface area contributed by atoms with Gasteiger partial charge in [0.05, 0.1) is 27.9 Å². The summed E-state index contributed by atoms with van der Waals surface area (Å²) in [5, 5.41) is 0. The molecule has 1 fully saturated rings. The molecule has 2 amide bonds. The zero-order chi connectivity index (χ0) is 14.8. The van der Waals surface area contributed by atoms with Crippen molar-refractivity contribution in [3.05, 3.63) is 35.4 Å². The molecule has 1 heterocycles. The quantitative estimate of drug-likeness (QED) is 0.807. The van der Waals surface area contributed by atoms with Crippen molar-refractivity contribution in [1.29, 1.82) is 0 Å². The van der Waals surface area contributed by atoms with Crippen molar-refractivity contribution in [2.45, 2.75) is 19.3 Å². The molecule has 0 bridgehead atoms. The maximum Gasteiger partial charge on any atom is 0.261 e. The van der Waals surface area contributed by atoms with Crippen LogP contribution in [-0.4, -0.2) is 39.8 Å². The summed E-state index contributed by atoms with van der Waals surface area (Å²) in [5.74, 6) is 0.338. The molecule has 0 spiro atoms. The largest absolute Gasteiger partial charge is 0.273 e. The number of imide groups is 1. The third kappa shape index (κ3) is 2.91. The van der Waals surface area contributed by atoms with Crippen LogP contribution in [0.15, 0.2) is 24.3 Å². The van der Waals surface area contributed by atoms with Gasteiger partial charge in [-0.15, -0.1) is 0 Å². The predicted octanol–water partition coefficient (Wildman–Crippen LogP) is 1.34. The van der Waals surface area contributed by atoms with Crippen molar-refractivity contribution >= 4 is 22.8 Å². The number of benzene rings is 1. The second-order valence-corrected chi connectivity index (χ2v) is 6.89. The molecule has 1 aromatic carbocycles. The van der Waals surface area contributed by atoms with Crippen LogP contribution < -0.4 is 4.72 Å². The van der Waals surface area contributed by atoms with Gasteiger partial charge in [-0.2, -0.15) is 0 Å². The molecule has 112 valence electrons. The van der Waals surface area contributed by atoms with Crippen LogP contribution in [-0.2, 0) is 11.0 Å². The molecule has 0 aromatic heterocycles. The van der Waals surface area contributed by atoms with Gasteiger partial charge < -0.3 is 0 Å². The fraction of sp³-hybridized carbons (Fsp3) is 0.467. The van der Waals surface area contributed by atoms with Crippen molar-refractivity contribution in [1.82, 2.24) is 9.62 Å². The van der Waals surface area contributed by atoms with Gasteiger partial charge >= 0.3 is 0 Å². The van der Waals surface area contributed by atoms with Crippen LogP contribution >= 0.6 is 0 Å². The van der Waals surface area contributed by atoms with Crippen molar-refractivity contribution in [2.75, 3.05) is 18.8 Å². The average molecular weight is 306 g/mol. The smallest absolute Gasteiger partial charge is 0.261 e. The maximum absolute atomic E-state index is 12.1. The normalized spacial score (nSPS) is 19.5. The van der Waals surface area contributed by atoms with E-state index >= 15 is 0 Å². The van der Waals surface area contributed by atoms with E-state index in [0.717, 1.165) is 6.54 Å². The summed E-state index contributed by atoms with van der Waals surface area (Å²) in [6.07, 6.45) is 3.65. The lowest BCUT2D eigenvalue weighted by Crippen LogP contribution is -2.37. The first-order chi connectivity index (χ1) is 10.2. The highest BCUT2D eigenvalue weighted by molar-refractivity contribution is 7.83. The predicted molar refractivity (Wildman–Crippen MR) is 80.2 cm³/mol. The molecule has 3 rings (SSSR count). The van der Waals surface area contributed by atoms with E-state index in [4.69, 9.17) is 0 Å². The van der Waals surface area contributed by atoms with Gasteiger partial charge in [-0.1, -0.05) is 18.6 Å². The van der Waals surface area contributed by atoms with E-state index in [1.807, 2.05) is 0 Å². The summed E-state index contributed by atoms with van der Waals surface area (Å²) in [5.41, 5.74) is 0.881. The zero-order valence-corrected chi connectivity index (χ0v) is 12.5. The minimum absolute atomic E-state index is 0.191. The molecule has 6 heteroatoms. The highest BCUT2D eigenvalue weighted by atomic mass is 32.2. The molecule has 1 saturated carbocycles. The third-order valence-electron chi connectivity index (χ3n) is 4.14. The Balaban J connectivity index is 1.53. The lowest BCUT2D eigenvalue weighted by Gasteiger charge is -2.25. The van der Waals surface area contributed by atoms with Crippen molar-refractivity contribution in [2.24, 2.45) is 5.92 Å². The SMILES string of the molecule is O=C1c2ccccc2C(=O)N1CCS(=O)NCC1CCC1. The van der Waals surface area contributed by atoms with Crippen molar-refractivity contribution in [3.8, 4) is 0 Å². The first-order valence-corrected chi connectivity index (χ1v) is 8.56. The Morgan fingerprint density at radius 1 is 1.14 bits per heavy atom. The molecule has 21 heavy (non-hydrogen) atoms. The topological polar surface area (TPSA) is 66.5 Å². The molecule has 0 saturated heterocycles. The van der Waals surface area contributed by atoms with Gasteiger partial charge in [0.15, 0.2) is 0 Å². The first kappa shape index (κ1) is 14.4. The van der Waals surface area contributed by atoms with E-state index in [0.29, 0.717) is 17.0 Å². The summed E-state index contributed by atoms with van der Waals surface area (Å²) >= 11 is 0. The molecule has 1 aliphatic carbocycles. The summed E-state index contributed by atoms with van der Waals surface area (Å²) < 4.78 is 14.9. The summed E-state index contributed by atoms with van der Waals surface area (Å²) in [7, 11) is -1.20. The number of carbonyl (C=O) groups is 2. The Kier molecular flexibility index (Phi) is 4.17. The number of rotatable bonds is 6. The fourth-order valence-electron chi connectivity index (χ4n) is 2.60. The number of hydrogen-bond acceptors (Lipinski definition) is 3. The van der Waals surface area contributed by atoms with Crippen LogP contribution in [0.25, 0.3) is 0 Å². The van der Waals surface area contributed by atoms with Crippen LogP contribution in [0.4, 0.5) is 0 Å². The van der Waals surface area contributed by atoms with E-state index < -0.39 is 11.0 Å². The summed E-state index contributed by atoms with van der Waals surface area (Å²) in [6, 6.07) is 6.79. The van der Waals surface area contributed by atoms with E-state index in [9.17, 15) is 13.8 Å². The molecule has 1 aromatic rings. The first-order valence-electron chi connectivity index (χ1n) is 7.24. The van der Waals surface area contributed by atoms with Gasteiger partial charge in [0.25, 0.3) is 11.8 Å². The summed E-state index contributed by atoms with van der Waals surface area (Å²) in [6.45, 7) is 0.950. The van der Waals surface area contributed by atoms with Crippen molar-refractivity contribution in [3.63, 3.8) is 0 Å². The minimum atomic E-state index is -1.20. The average Bonchev–Trinajstić information content (AvgIpc) is 2.68. The molecule has 1 atom stereocenters. The summed E-state index contributed by atoms with van der Waals surface area (Å²) in [4.78, 5) is 25.4. The van der Waals surface area contributed by atoms with Crippen LogP contribution in [0.2, 0.25) is 0 Å². The van der Waals surface area contributed by atoms with Gasteiger partial charge in [-0.05, 0) is 30.9 Å². The van der Waals surface area contributed by atoms with Gasteiger partial charge in [-0.25, -0.2) is 8.93 Å². The van der Waals surface area contributed by atoms with Crippen LogP contribution in [0.3, 0.4) is 0 Å². The van der Waals surface area contributed by atoms with E-state index in [2.05, 4.69) is 4.72 Å². The Bertz CT molecular complexity index is 563. The lowest BCUT2D eigenvalue weighted by molar-refractivity contribution is 0.0664. The molecule has 0 radical (unpaired) electrons. The Labute approximate surface area is 126 Å². The highest BCUT2D eigenvalue weighted by Crippen LogP contribution is 2.25. The molecule has 5 nitrogen and oxygen atoms in total. The second-order valence-electron chi connectivity index (χ2n) is 5.50. The number of nitrogens with one attached hydrogen (secondary N) is 1. The van der Waals surface area contributed by atoms with E-state index in [1.165, 1.54) is 24.2 Å². The van der Waals surface area contributed by atoms with Crippen molar-refractivity contribution < 1.29 is 13.8 Å². The number of carbonyl (C=O) groups excluding carboxylic acids is 2. The number of hydrogen-bond donors (Lipinski definition) is 1. The van der Waals surface area contributed by atoms with Gasteiger partial charge in [0.1, 0.15) is 0 Å². The number of amides is 2. The number of fused-ring (bicyclic) bond motifs is 1. The fourth-order valence-corrected chi connectivity index (χ4v) is 3.51. The molecule has 1 N–H and O–H groups in total. The maximum atomic E-state index is 12.1. The molecule has 1 unspecified atom stereocenters. The molecular weight excluding hydrogens is 288 g/mol. The van der Waals surface area contributed by atoms with Gasteiger partial charge in [0, 0.05) is 13.1 Å². The second kappa shape index (κ2) is 6.07. The Morgan fingerprint density at radius 3 is 2.29 bits per heavy atom. The van der Waals surface area contributed by atoms with Gasteiger partial charge in [0.2, 0.25) is 0 Å². The highest BCUT2D eigenvalue weighted by Gasteiger charge is 2.34. The monoisotopic (exact) mass is 306 g/mol. The lowest BCUT2D eigenvalue weighted by atomic mass is 9.86. The van der Waals surface area contributed by atoms with E-state index in [-0.39, 0.29) is 24.1 Å². The Morgan fingerprint density at radius 2 is 1.76 bits per heavy atom. The Hall–Kier alpha value is -1.53. The van der Waals surface area contributed by atoms with E-state index in [1.54, 1.807) is 24.3 Å². The minimum Gasteiger partial charge on any atom is -0.273 e. The standard InChI is InChI=1S/C15H18N2O3S/c18-14-12-6-1-2-7-13(12)15(19)17(14)8-9-21(20)16-10-11-4-3-5-11/h1-2,6-7,11,16H,3-5,8-10H2.